The van der Waals surface area contributed by atoms with Crippen LogP contribution >= 0.6 is 46.6 Å². The monoisotopic (exact) mass is 384 g/mol. The van der Waals surface area contributed by atoms with Crippen LogP contribution in [0.4, 0.5) is 5.69 Å². The van der Waals surface area contributed by atoms with Crippen LogP contribution in [0.3, 0.4) is 0 Å². The van der Waals surface area contributed by atoms with Gasteiger partial charge in [-0.15, -0.1) is 11.8 Å². The van der Waals surface area contributed by atoms with Gasteiger partial charge in [-0.25, -0.2) is 0 Å². The minimum absolute atomic E-state index is 0.204. The number of nitrogens with zero attached hydrogens (tertiary/aromatic N) is 1. The van der Waals surface area contributed by atoms with Crippen molar-refractivity contribution < 1.29 is 4.79 Å². The number of nitriles is 1. The van der Waals surface area contributed by atoms with Crippen LogP contribution in [-0.2, 0) is 10.5 Å². The van der Waals surface area contributed by atoms with E-state index in [1.54, 1.807) is 6.07 Å². The molecule has 0 spiro atoms. The highest BCUT2D eigenvalue weighted by Gasteiger charge is 2.10. The Kier molecular flexibility index (Phi) is 6.61. The van der Waals surface area contributed by atoms with Crippen molar-refractivity contribution in [2.45, 2.75) is 5.75 Å². The summed E-state index contributed by atoms with van der Waals surface area (Å²) in [5, 5.41) is 12.7. The van der Waals surface area contributed by atoms with Crippen molar-refractivity contribution >= 4 is 58.2 Å². The molecular formula is C16H11Cl3N2OS. The second-order valence-electron chi connectivity index (χ2n) is 4.56. The molecule has 0 aromatic heterocycles. The quantitative estimate of drug-likeness (QED) is 0.702. The van der Waals surface area contributed by atoms with Gasteiger partial charge in [-0.05, 0) is 23.8 Å². The van der Waals surface area contributed by atoms with Crippen LogP contribution in [0.2, 0.25) is 15.1 Å². The molecule has 1 amide bonds. The lowest BCUT2D eigenvalue weighted by atomic mass is 10.1. The Hall–Kier alpha value is -1.38. The summed E-state index contributed by atoms with van der Waals surface area (Å²) in [6, 6.07) is 12.4. The predicted molar refractivity (Wildman–Crippen MR) is 97.4 cm³/mol. The second kappa shape index (κ2) is 8.47. The first kappa shape index (κ1) is 18.0. The van der Waals surface area contributed by atoms with Gasteiger partial charge in [0, 0.05) is 5.75 Å². The fraction of sp³-hybridized carbons (Fsp3) is 0.125. The van der Waals surface area contributed by atoms with Crippen LogP contribution in [-0.4, -0.2) is 11.7 Å². The lowest BCUT2D eigenvalue weighted by Gasteiger charge is -2.09. The number of nitrogens with one attached hydrogen (secondary N) is 1. The zero-order chi connectivity index (χ0) is 16.8. The molecule has 0 atom stereocenters. The summed E-state index contributed by atoms with van der Waals surface area (Å²) in [5.41, 5.74) is 1.94. The molecule has 2 rings (SSSR count). The van der Waals surface area contributed by atoms with Crippen molar-refractivity contribution in [3.8, 4) is 6.07 Å². The standard InChI is InChI=1S/C16H11Cl3N2OS/c17-12-5-14(19)15(6-13(12)18)21-16(22)9-23-8-11-4-2-1-3-10(11)7-20/h1-6H,8-9H2,(H,21,22). The predicted octanol–water partition coefficient (Wildman–Crippen LogP) is 5.39. The molecular weight excluding hydrogens is 375 g/mol. The summed E-state index contributed by atoms with van der Waals surface area (Å²) in [4.78, 5) is 12.0. The van der Waals surface area contributed by atoms with E-state index >= 15 is 0 Å². The molecule has 23 heavy (non-hydrogen) atoms. The topological polar surface area (TPSA) is 52.9 Å². The Balaban J connectivity index is 1.91. The molecule has 3 nitrogen and oxygen atoms in total. The molecule has 0 aliphatic heterocycles. The van der Waals surface area contributed by atoms with Crippen LogP contribution < -0.4 is 5.32 Å². The van der Waals surface area contributed by atoms with E-state index in [0.717, 1.165) is 5.56 Å². The molecule has 2 aromatic rings. The van der Waals surface area contributed by atoms with Crippen LogP contribution in [0.1, 0.15) is 11.1 Å². The molecule has 7 heteroatoms. The Morgan fingerprint density at radius 1 is 1.13 bits per heavy atom. The van der Waals surface area contributed by atoms with Gasteiger partial charge in [0.05, 0.1) is 38.1 Å². The normalized spacial score (nSPS) is 10.2. The van der Waals surface area contributed by atoms with Gasteiger partial charge in [-0.1, -0.05) is 53.0 Å². The van der Waals surface area contributed by atoms with Gasteiger partial charge in [0.2, 0.25) is 5.91 Å². The molecule has 0 heterocycles. The number of halogens is 3. The number of anilines is 1. The number of thioether (sulfide) groups is 1. The van der Waals surface area contributed by atoms with Crippen LogP contribution in [0, 0.1) is 11.3 Å². The maximum atomic E-state index is 12.0. The lowest BCUT2D eigenvalue weighted by molar-refractivity contribution is -0.113. The Bertz CT molecular complexity index is 774. The number of hydrogen-bond donors (Lipinski definition) is 1. The van der Waals surface area contributed by atoms with Crippen LogP contribution in [0.5, 0.6) is 0 Å². The molecule has 0 saturated carbocycles. The Labute approximate surface area is 153 Å². The third-order valence-corrected chi connectivity index (χ3v) is 4.93. The van der Waals surface area contributed by atoms with E-state index in [4.69, 9.17) is 40.1 Å². The zero-order valence-corrected chi connectivity index (χ0v) is 14.9. The average molecular weight is 386 g/mol. The smallest absolute Gasteiger partial charge is 0.234 e. The van der Waals surface area contributed by atoms with Crippen molar-refractivity contribution in [2.75, 3.05) is 11.1 Å². The molecule has 0 fully saturated rings. The fourth-order valence-electron chi connectivity index (χ4n) is 1.81. The first-order valence-corrected chi connectivity index (χ1v) is 8.80. The summed E-state index contributed by atoms with van der Waals surface area (Å²) in [5.74, 6) is 0.604. The first-order chi connectivity index (χ1) is 11.0. The molecule has 1 N–H and O–H groups in total. The van der Waals surface area contributed by atoms with Gasteiger partial charge < -0.3 is 5.32 Å². The number of rotatable bonds is 5. The van der Waals surface area contributed by atoms with Crippen molar-refractivity contribution in [1.29, 1.82) is 5.26 Å². The summed E-state index contributed by atoms with van der Waals surface area (Å²) in [7, 11) is 0. The number of amides is 1. The van der Waals surface area contributed by atoms with E-state index in [2.05, 4.69) is 11.4 Å². The highest BCUT2D eigenvalue weighted by molar-refractivity contribution is 7.99. The van der Waals surface area contributed by atoms with Crippen LogP contribution in [0.15, 0.2) is 36.4 Å². The minimum atomic E-state index is -0.204. The summed E-state index contributed by atoms with van der Waals surface area (Å²) in [6.07, 6.45) is 0. The molecule has 0 saturated heterocycles. The van der Waals surface area contributed by atoms with Crippen LogP contribution in [0.25, 0.3) is 0 Å². The molecule has 0 bridgehead atoms. The molecule has 0 radical (unpaired) electrons. The number of carbonyl (C=O) groups excluding carboxylic acids is 1. The zero-order valence-electron chi connectivity index (χ0n) is 11.8. The molecule has 0 aliphatic carbocycles. The number of carbonyl (C=O) groups is 1. The maximum Gasteiger partial charge on any atom is 0.234 e. The number of benzene rings is 2. The van der Waals surface area contributed by atoms with Gasteiger partial charge in [0.1, 0.15) is 0 Å². The highest BCUT2D eigenvalue weighted by atomic mass is 35.5. The first-order valence-electron chi connectivity index (χ1n) is 6.51. The Morgan fingerprint density at radius 2 is 1.83 bits per heavy atom. The average Bonchev–Trinajstić information content (AvgIpc) is 2.53. The fourth-order valence-corrected chi connectivity index (χ4v) is 3.24. The summed E-state index contributed by atoms with van der Waals surface area (Å²) >= 11 is 19.2. The van der Waals surface area contributed by atoms with E-state index in [9.17, 15) is 4.79 Å². The van der Waals surface area contributed by atoms with Gasteiger partial charge in [0.15, 0.2) is 0 Å². The molecule has 118 valence electrons. The minimum Gasteiger partial charge on any atom is -0.324 e. The lowest BCUT2D eigenvalue weighted by Crippen LogP contribution is -2.14. The van der Waals surface area contributed by atoms with Gasteiger partial charge in [-0.2, -0.15) is 5.26 Å². The van der Waals surface area contributed by atoms with E-state index < -0.39 is 0 Å². The van der Waals surface area contributed by atoms with E-state index in [0.29, 0.717) is 32.1 Å². The second-order valence-corrected chi connectivity index (χ2v) is 6.76. The van der Waals surface area contributed by atoms with Gasteiger partial charge >= 0.3 is 0 Å². The van der Waals surface area contributed by atoms with Crippen molar-refractivity contribution in [2.24, 2.45) is 0 Å². The SMILES string of the molecule is N#Cc1ccccc1CSCC(=O)Nc1cc(Cl)c(Cl)cc1Cl. The highest BCUT2D eigenvalue weighted by Crippen LogP contribution is 2.32. The van der Waals surface area contributed by atoms with E-state index in [1.807, 2.05) is 18.2 Å². The number of hydrogen-bond acceptors (Lipinski definition) is 3. The summed E-state index contributed by atoms with van der Waals surface area (Å²) in [6.45, 7) is 0. The Morgan fingerprint density at radius 3 is 2.57 bits per heavy atom. The van der Waals surface area contributed by atoms with E-state index in [1.165, 1.54) is 23.9 Å². The summed E-state index contributed by atoms with van der Waals surface area (Å²) < 4.78 is 0. The maximum absolute atomic E-state index is 12.0. The molecule has 0 aliphatic rings. The largest absolute Gasteiger partial charge is 0.324 e. The van der Waals surface area contributed by atoms with Crippen molar-refractivity contribution in [3.05, 3.63) is 62.6 Å². The molecule has 2 aromatic carbocycles. The van der Waals surface area contributed by atoms with Gasteiger partial charge in [0.25, 0.3) is 0 Å². The van der Waals surface area contributed by atoms with Gasteiger partial charge in [-0.3, -0.25) is 4.79 Å². The van der Waals surface area contributed by atoms with Crippen molar-refractivity contribution in [1.82, 2.24) is 0 Å². The third kappa shape index (κ3) is 5.05. The third-order valence-electron chi connectivity index (χ3n) is 2.91. The molecule has 0 unspecified atom stereocenters. The van der Waals surface area contributed by atoms with E-state index in [-0.39, 0.29) is 11.7 Å². The van der Waals surface area contributed by atoms with Crippen molar-refractivity contribution in [3.63, 3.8) is 0 Å².